The Kier molecular flexibility index (Phi) is 6.22. The molecule has 4 atom stereocenters. The van der Waals surface area contributed by atoms with E-state index in [9.17, 15) is 23.1 Å². The summed E-state index contributed by atoms with van der Waals surface area (Å²) in [6.45, 7) is 1.97. The van der Waals surface area contributed by atoms with Gasteiger partial charge in [-0.05, 0) is 24.6 Å². The van der Waals surface area contributed by atoms with Crippen LogP contribution in [0.4, 0.5) is 0 Å². The Hall–Kier alpha value is -2.53. The van der Waals surface area contributed by atoms with Crippen molar-refractivity contribution in [3.8, 4) is 0 Å². The molecule has 9 nitrogen and oxygen atoms in total. The highest BCUT2D eigenvalue weighted by molar-refractivity contribution is 7.89. The summed E-state index contributed by atoms with van der Waals surface area (Å²) in [6.07, 6.45) is 0. The minimum Gasteiger partial charge on any atom is -0.396 e. The molecule has 2 N–H and O–H groups in total. The predicted octanol–water partition coefficient (Wildman–Crippen LogP) is 0.272. The summed E-state index contributed by atoms with van der Waals surface area (Å²) in [5.74, 6) is -1.89. The number of aryl methyl sites for hydroxylation is 1. The number of hydrogen-bond acceptors (Lipinski definition) is 6. The zero-order valence-corrected chi connectivity index (χ0v) is 18.8. The van der Waals surface area contributed by atoms with Crippen LogP contribution < -0.4 is 10.9 Å². The van der Waals surface area contributed by atoms with Gasteiger partial charge in [-0.3, -0.25) is 9.59 Å². The molecule has 172 valence electrons. The quantitative estimate of drug-likeness (QED) is 0.572. The Morgan fingerprint density at radius 3 is 2.66 bits per heavy atom. The maximum atomic E-state index is 13.9. The van der Waals surface area contributed by atoms with Gasteiger partial charge in [-0.1, -0.05) is 24.3 Å². The Labute approximate surface area is 186 Å². The standard InChI is InChI=1S/C22H27N3O6S/c1-14-6-3-4-8-18(14)32(29,30)25-17-12-24-16(7-5-9-19(24)27)21(25)20(15(17)13-26)22(28)23-10-11-31-2/h3-9,15,17,20-21,26H,10-13H2,1-2H3,(H,23,28)/t15-,17-,20+,21+/m1/s1. The molecule has 0 unspecified atom stereocenters. The number of ether oxygens (including phenoxy) is 1. The lowest BCUT2D eigenvalue weighted by Crippen LogP contribution is -2.49. The maximum absolute atomic E-state index is 13.9. The second-order valence-corrected chi connectivity index (χ2v) is 9.98. The fraction of sp³-hybridized carbons (Fsp3) is 0.455. The van der Waals surface area contributed by atoms with Crippen molar-refractivity contribution in [1.29, 1.82) is 0 Å². The number of amides is 1. The van der Waals surface area contributed by atoms with E-state index in [1.54, 1.807) is 43.3 Å². The molecule has 1 aromatic heterocycles. The zero-order valence-electron chi connectivity index (χ0n) is 18.0. The molecule has 1 fully saturated rings. The minimum atomic E-state index is -4.02. The first-order chi connectivity index (χ1) is 15.3. The van der Waals surface area contributed by atoms with Crippen molar-refractivity contribution in [2.45, 2.75) is 30.4 Å². The number of nitrogens with one attached hydrogen (secondary N) is 1. The smallest absolute Gasteiger partial charge is 0.250 e. The molecular weight excluding hydrogens is 434 g/mol. The molecule has 2 aliphatic rings. The number of fused-ring (bicyclic) bond motifs is 4. The van der Waals surface area contributed by atoms with Crippen LogP contribution in [0.2, 0.25) is 0 Å². The van der Waals surface area contributed by atoms with Gasteiger partial charge in [0.1, 0.15) is 0 Å². The van der Waals surface area contributed by atoms with Gasteiger partial charge in [-0.25, -0.2) is 8.42 Å². The summed E-state index contributed by atoms with van der Waals surface area (Å²) >= 11 is 0. The number of sulfonamides is 1. The number of aromatic nitrogens is 1. The molecule has 2 aromatic rings. The predicted molar refractivity (Wildman–Crippen MR) is 116 cm³/mol. The summed E-state index contributed by atoms with van der Waals surface area (Å²) in [5.41, 5.74) is 0.779. The molecule has 2 aliphatic heterocycles. The van der Waals surface area contributed by atoms with Crippen LogP contribution in [0.25, 0.3) is 0 Å². The Bertz CT molecular complexity index is 1180. The van der Waals surface area contributed by atoms with Gasteiger partial charge < -0.3 is 19.7 Å². The van der Waals surface area contributed by atoms with Crippen LogP contribution in [0.15, 0.2) is 52.2 Å². The molecule has 0 aliphatic carbocycles. The van der Waals surface area contributed by atoms with E-state index in [0.29, 0.717) is 17.9 Å². The van der Waals surface area contributed by atoms with E-state index in [1.807, 2.05) is 0 Å². The summed E-state index contributed by atoms with van der Waals surface area (Å²) in [5, 5.41) is 13.0. The first-order valence-electron chi connectivity index (χ1n) is 10.5. The molecule has 1 aromatic carbocycles. The second kappa shape index (κ2) is 8.78. The SMILES string of the molecule is COCCNC(=O)[C@H]1[C@H](CO)[C@H]2Cn3c(cccc3=O)[C@@H]1N2S(=O)(=O)c1ccccc1C. The molecule has 3 heterocycles. The van der Waals surface area contributed by atoms with E-state index in [4.69, 9.17) is 4.74 Å². The van der Waals surface area contributed by atoms with E-state index in [0.717, 1.165) is 0 Å². The number of carbonyl (C=O) groups excluding carboxylic acids is 1. The molecular formula is C22H27N3O6S. The highest BCUT2D eigenvalue weighted by Crippen LogP contribution is 2.50. The topological polar surface area (TPSA) is 118 Å². The summed E-state index contributed by atoms with van der Waals surface area (Å²) < 4.78 is 35.6. The van der Waals surface area contributed by atoms with Crippen LogP contribution >= 0.6 is 0 Å². The summed E-state index contributed by atoms with van der Waals surface area (Å²) in [6, 6.07) is 9.69. The van der Waals surface area contributed by atoms with Crippen LogP contribution in [0.5, 0.6) is 0 Å². The fourth-order valence-corrected chi connectivity index (χ4v) is 7.06. The average molecular weight is 462 g/mol. The lowest BCUT2D eigenvalue weighted by atomic mass is 9.86. The third kappa shape index (κ3) is 3.57. The second-order valence-electron chi connectivity index (χ2n) is 8.17. The minimum absolute atomic E-state index is 0.0731. The highest BCUT2D eigenvalue weighted by Gasteiger charge is 2.59. The van der Waals surface area contributed by atoms with Gasteiger partial charge in [0.05, 0.1) is 23.5 Å². The van der Waals surface area contributed by atoms with E-state index >= 15 is 0 Å². The molecule has 4 rings (SSSR count). The van der Waals surface area contributed by atoms with Crippen LogP contribution in [0, 0.1) is 18.8 Å². The van der Waals surface area contributed by atoms with E-state index in [1.165, 1.54) is 22.0 Å². The van der Waals surface area contributed by atoms with Crippen LogP contribution in [-0.2, 0) is 26.1 Å². The normalized spacial score (nSPS) is 24.8. The monoisotopic (exact) mass is 461 g/mol. The number of rotatable bonds is 7. The molecule has 32 heavy (non-hydrogen) atoms. The van der Waals surface area contributed by atoms with Crippen molar-refractivity contribution in [3.63, 3.8) is 0 Å². The van der Waals surface area contributed by atoms with Gasteiger partial charge in [0.15, 0.2) is 0 Å². The number of methoxy groups -OCH3 is 1. The lowest BCUT2D eigenvalue weighted by molar-refractivity contribution is -0.127. The number of benzene rings is 1. The molecule has 10 heteroatoms. The molecule has 1 amide bonds. The zero-order chi connectivity index (χ0) is 23.0. The third-order valence-corrected chi connectivity index (χ3v) is 8.49. The number of hydrogen-bond donors (Lipinski definition) is 2. The first kappa shape index (κ1) is 22.7. The number of aliphatic hydroxyl groups excluding tert-OH is 1. The van der Waals surface area contributed by atoms with Crippen LogP contribution in [0.3, 0.4) is 0 Å². The van der Waals surface area contributed by atoms with Crippen LogP contribution in [0.1, 0.15) is 17.3 Å². The summed E-state index contributed by atoms with van der Waals surface area (Å²) in [7, 11) is -2.50. The van der Waals surface area contributed by atoms with Crippen molar-refractivity contribution in [1.82, 2.24) is 14.2 Å². The highest BCUT2D eigenvalue weighted by atomic mass is 32.2. The van der Waals surface area contributed by atoms with Crippen molar-refractivity contribution in [3.05, 3.63) is 64.1 Å². The molecule has 1 saturated heterocycles. The Balaban J connectivity index is 1.87. The third-order valence-electron chi connectivity index (χ3n) is 6.42. The average Bonchev–Trinajstić information content (AvgIpc) is 3.02. The van der Waals surface area contributed by atoms with Crippen molar-refractivity contribution < 1.29 is 23.1 Å². The Morgan fingerprint density at radius 1 is 1.22 bits per heavy atom. The van der Waals surface area contributed by atoms with Crippen molar-refractivity contribution in [2.75, 3.05) is 26.9 Å². The van der Waals surface area contributed by atoms with Crippen LogP contribution in [-0.4, -0.2) is 61.2 Å². The first-order valence-corrected chi connectivity index (χ1v) is 11.9. The number of aliphatic hydroxyl groups is 1. The number of pyridine rings is 1. The Morgan fingerprint density at radius 2 is 1.97 bits per heavy atom. The van der Waals surface area contributed by atoms with Gasteiger partial charge in [-0.15, -0.1) is 0 Å². The van der Waals surface area contributed by atoms with E-state index < -0.39 is 33.9 Å². The lowest BCUT2D eigenvalue weighted by Gasteiger charge is -2.37. The number of nitrogens with zero attached hydrogens (tertiary/aromatic N) is 2. The largest absolute Gasteiger partial charge is 0.396 e. The van der Waals surface area contributed by atoms with Gasteiger partial charge in [0.2, 0.25) is 15.9 Å². The van der Waals surface area contributed by atoms with E-state index in [2.05, 4.69) is 5.32 Å². The van der Waals surface area contributed by atoms with Gasteiger partial charge in [0.25, 0.3) is 5.56 Å². The van der Waals surface area contributed by atoms with Gasteiger partial charge in [0, 0.05) is 50.5 Å². The molecule has 0 saturated carbocycles. The van der Waals surface area contributed by atoms with Crippen molar-refractivity contribution >= 4 is 15.9 Å². The fourth-order valence-electron chi connectivity index (χ4n) is 4.99. The van der Waals surface area contributed by atoms with E-state index in [-0.39, 0.29) is 36.1 Å². The number of carbonyl (C=O) groups is 1. The molecule has 0 spiro atoms. The molecule has 2 bridgehead atoms. The molecule has 0 radical (unpaired) electrons. The summed E-state index contributed by atoms with van der Waals surface area (Å²) in [4.78, 5) is 25.9. The maximum Gasteiger partial charge on any atom is 0.250 e. The van der Waals surface area contributed by atoms with Gasteiger partial charge in [-0.2, -0.15) is 4.31 Å². The van der Waals surface area contributed by atoms with Crippen molar-refractivity contribution in [2.24, 2.45) is 11.8 Å². The van der Waals surface area contributed by atoms with Gasteiger partial charge >= 0.3 is 0 Å².